The van der Waals surface area contributed by atoms with Crippen LogP contribution in [0.3, 0.4) is 0 Å². The highest BCUT2D eigenvalue weighted by Gasteiger charge is 2.17. The lowest BCUT2D eigenvalue weighted by Crippen LogP contribution is -2.24. The number of nitrogens with zero attached hydrogens (tertiary/aromatic N) is 3. The van der Waals surface area contributed by atoms with E-state index in [0.717, 1.165) is 0 Å². The van der Waals surface area contributed by atoms with E-state index >= 15 is 0 Å². The maximum atomic E-state index is 13.2. The van der Waals surface area contributed by atoms with Crippen LogP contribution in [-0.4, -0.2) is 33.5 Å². The smallest absolute Gasteiger partial charge is 0.276 e. The monoisotopic (exact) mass is 409 g/mol. The van der Waals surface area contributed by atoms with E-state index in [-0.39, 0.29) is 17.9 Å². The molecule has 0 saturated carbocycles. The van der Waals surface area contributed by atoms with Crippen LogP contribution >= 0.6 is 0 Å². The Morgan fingerprint density at radius 3 is 2.53 bits per heavy atom. The molecule has 1 N–H and O–H groups in total. The number of halogens is 1. The highest BCUT2D eigenvalue weighted by molar-refractivity contribution is 5.65. The topological polar surface area (TPSA) is 78.0 Å². The van der Waals surface area contributed by atoms with E-state index in [1.807, 2.05) is 0 Å². The van der Waals surface area contributed by atoms with Crippen molar-refractivity contribution in [3.05, 3.63) is 82.7 Å². The number of aliphatic hydroxyl groups is 1. The molecule has 0 fully saturated rings. The minimum Gasteiger partial charge on any atom is -0.497 e. The molecule has 2 aromatic heterocycles. The van der Waals surface area contributed by atoms with Gasteiger partial charge in [0.05, 0.1) is 26.5 Å². The summed E-state index contributed by atoms with van der Waals surface area (Å²) in [6, 6.07) is 12.7. The molecule has 2 aromatic carbocycles. The summed E-state index contributed by atoms with van der Waals surface area (Å²) in [6.45, 7) is 0.0237. The lowest BCUT2D eigenvalue weighted by atomic mass is 10.1. The van der Waals surface area contributed by atoms with Crippen LogP contribution in [-0.2, 0) is 6.54 Å². The zero-order chi connectivity index (χ0) is 21.3. The Labute approximate surface area is 171 Å². The predicted molar refractivity (Wildman–Crippen MR) is 109 cm³/mol. The van der Waals surface area contributed by atoms with Crippen LogP contribution < -0.4 is 15.0 Å². The molecule has 4 aromatic rings. The average Bonchev–Trinajstić information content (AvgIpc) is 3.21. The molecular weight excluding hydrogens is 389 g/mol. The molecular formula is C22H20FN3O4. The van der Waals surface area contributed by atoms with Gasteiger partial charge in [-0.3, -0.25) is 4.79 Å². The van der Waals surface area contributed by atoms with Crippen molar-refractivity contribution in [3.8, 4) is 22.8 Å². The van der Waals surface area contributed by atoms with Gasteiger partial charge in [-0.1, -0.05) is 0 Å². The summed E-state index contributed by atoms with van der Waals surface area (Å²) < 4.78 is 26.6. The van der Waals surface area contributed by atoms with Crippen molar-refractivity contribution in [2.75, 3.05) is 14.2 Å². The van der Waals surface area contributed by atoms with Crippen LogP contribution in [0.4, 0.5) is 4.39 Å². The van der Waals surface area contributed by atoms with Crippen molar-refractivity contribution >= 4 is 5.52 Å². The van der Waals surface area contributed by atoms with Gasteiger partial charge >= 0.3 is 0 Å². The van der Waals surface area contributed by atoms with Gasteiger partial charge in [0.15, 0.2) is 0 Å². The second-order valence-corrected chi connectivity index (χ2v) is 6.75. The first kappa shape index (κ1) is 19.7. The first-order valence-corrected chi connectivity index (χ1v) is 9.25. The molecule has 0 spiro atoms. The van der Waals surface area contributed by atoms with Crippen LogP contribution in [0, 0.1) is 5.82 Å². The van der Waals surface area contributed by atoms with Gasteiger partial charge < -0.3 is 19.1 Å². The van der Waals surface area contributed by atoms with Crippen molar-refractivity contribution in [3.63, 3.8) is 0 Å². The van der Waals surface area contributed by atoms with E-state index < -0.39 is 6.10 Å². The number of ether oxygens (including phenoxy) is 2. The number of hydrogen-bond acceptors (Lipinski definition) is 5. The minimum atomic E-state index is -0.991. The summed E-state index contributed by atoms with van der Waals surface area (Å²) in [5.41, 5.74) is 1.82. The fourth-order valence-electron chi connectivity index (χ4n) is 3.32. The van der Waals surface area contributed by atoms with Crippen LogP contribution in [0.25, 0.3) is 16.8 Å². The summed E-state index contributed by atoms with van der Waals surface area (Å²) in [4.78, 5) is 12.9. The lowest BCUT2D eigenvalue weighted by Gasteiger charge is -2.17. The normalized spacial score (nSPS) is 12.1. The van der Waals surface area contributed by atoms with E-state index in [0.29, 0.717) is 33.8 Å². The molecule has 0 saturated heterocycles. The summed E-state index contributed by atoms with van der Waals surface area (Å²) in [5.74, 6) is 0.736. The van der Waals surface area contributed by atoms with Crippen molar-refractivity contribution in [2.24, 2.45) is 0 Å². The summed E-state index contributed by atoms with van der Waals surface area (Å²) >= 11 is 0. The highest BCUT2D eigenvalue weighted by atomic mass is 19.1. The van der Waals surface area contributed by atoms with Crippen LogP contribution in [0.15, 0.2) is 65.7 Å². The Balaban J connectivity index is 1.68. The first-order valence-electron chi connectivity index (χ1n) is 9.25. The fourth-order valence-corrected chi connectivity index (χ4v) is 3.32. The molecule has 0 aliphatic rings. The first-order chi connectivity index (χ1) is 14.5. The van der Waals surface area contributed by atoms with E-state index in [2.05, 4.69) is 5.10 Å². The molecule has 7 nitrogen and oxygen atoms in total. The number of methoxy groups -OCH3 is 2. The molecule has 30 heavy (non-hydrogen) atoms. The van der Waals surface area contributed by atoms with Gasteiger partial charge in [-0.15, -0.1) is 0 Å². The predicted octanol–water partition coefficient (Wildman–Crippen LogP) is 3.05. The zero-order valence-corrected chi connectivity index (χ0v) is 16.4. The number of hydrogen-bond donors (Lipinski definition) is 1. The van der Waals surface area contributed by atoms with Crippen molar-refractivity contribution in [2.45, 2.75) is 12.6 Å². The molecule has 0 radical (unpaired) electrons. The maximum absolute atomic E-state index is 13.2. The number of aliphatic hydroxyl groups excluding tert-OH is 1. The van der Waals surface area contributed by atoms with Gasteiger partial charge in [-0.05, 0) is 48.5 Å². The minimum absolute atomic E-state index is 0.0237. The van der Waals surface area contributed by atoms with Gasteiger partial charge in [0.1, 0.15) is 28.9 Å². The summed E-state index contributed by atoms with van der Waals surface area (Å²) in [5, 5.41) is 15.1. The number of fused-ring (bicyclic) bond motifs is 1. The fraction of sp³-hybridized carbons (Fsp3) is 0.182. The Morgan fingerprint density at radius 1 is 1.07 bits per heavy atom. The van der Waals surface area contributed by atoms with Crippen LogP contribution in [0.5, 0.6) is 11.5 Å². The van der Waals surface area contributed by atoms with Gasteiger partial charge in [0.25, 0.3) is 5.56 Å². The molecule has 0 amide bonds. The standard InChI is InChI=1S/C22H20FN3O4/c1-29-16-7-8-21(30-2)17(11-16)20(27)13-25-9-10-26-19(22(25)28)12-18(24-26)14-3-5-15(23)6-4-14/h3-12,20,27H,13H2,1-2H3/t20-/m0/s1. The zero-order valence-electron chi connectivity index (χ0n) is 16.4. The molecule has 0 unspecified atom stereocenters. The molecule has 4 rings (SSSR count). The second-order valence-electron chi connectivity index (χ2n) is 6.75. The van der Waals surface area contributed by atoms with Gasteiger partial charge in [0.2, 0.25) is 0 Å². The lowest BCUT2D eigenvalue weighted by molar-refractivity contribution is 0.151. The third-order valence-electron chi connectivity index (χ3n) is 4.91. The quantitative estimate of drug-likeness (QED) is 0.530. The maximum Gasteiger partial charge on any atom is 0.276 e. The molecule has 0 aliphatic heterocycles. The Morgan fingerprint density at radius 2 is 1.83 bits per heavy atom. The summed E-state index contributed by atoms with van der Waals surface area (Å²) in [6.07, 6.45) is 2.21. The Kier molecular flexibility index (Phi) is 5.24. The van der Waals surface area contributed by atoms with E-state index in [4.69, 9.17) is 9.47 Å². The van der Waals surface area contributed by atoms with E-state index in [1.54, 1.807) is 48.8 Å². The molecule has 154 valence electrons. The third kappa shape index (κ3) is 3.65. The number of rotatable bonds is 6. The van der Waals surface area contributed by atoms with Gasteiger partial charge in [-0.25, -0.2) is 8.91 Å². The van der Waals surface area contributed by atoms with Crippen molar-refractivity contribution in [1.82, 2.24) is 14.2 Å². The van der Waals surface area contributed by atoms with Crippen molar-refractivity contribution < 1.29 is 19.0 Å². The van der Waals surface area contributed by atoms with E-state index in [1.165, 1.54) is 35.4 Å². The van der Waals surface area contributed by atoms with E-state index in [9.17, 15) is 14.3 Å². The molecule has 0 aliphatic carbocycles. The number of aromatic nitrogens is 3. The largest absolute Gasteiger partial charge is 0.497 e. The molecule has 1 atom stereocenters. The van der Waals surface area contributed by atoms with Gasteiger partial charge in [-0.2, -0.15) is 5.10 Å². The van der Waals surface area contributed by atoms with Crippen LogP contribution in [0.1, 0.15) is 11.7 Å². The van der Waals surface area contributed by atoms with Gasteiger partial charge in [0, 0.05) is 23.5 Å². The summed E-state index contributed by atoms with van der Waals surface area (Å²) in [7, 11) is 3.05. The molecule has 0 bridgehead atoms. The molecule has 8 heteroatoms. The second kappa shape index (κ2) is 8.00. The molecule has 2 heterocycles. The Bertz CT molecular complexity index is 1250. The van der Waals surface area contributed by atoms with Crippen LogP contribution in [0.2, 0.25) is 0 Å². The Hall–Kier alpha value is -3.65. The number of benzene rings is 2. The van der Waals surface area contributed by atoms with Crippen molar-refractivity contribution in [1.29, 1.82) is 0 Å². The third-order valence-corrected chi connectivity index (χ3v) is 4.91. The highest BCUT2D eigenvalue weighted by Crippen LogP contribution is 2.30. The average molecular weight is 409 g/mol. The SMILES string of the molecule is COc1ccc(OC)c([C@@H](O)Cn2ccn3nc(-c4ccc(F)cc4)cc3c2=O)c1.